The van der Waals surface area contributed by atoms with E-state index in [2.05, 4.69) is 15.5 Å². The Morgan fingerprint density at radius 3 is 2.75 bits per heavy atom. The normalized spacial score (nSPS) is 10.1. The van der Waals surface area contributed by atoms with E-state index in [1.54, 1.807) is 6.92 Å². The summed E-state index contributed by atoms with van der Waals surface area (Å²) in [5.41, 5.74) is 0. The molecule has 0 bridgehead atoms. The molecule has 0 radical (unpaired) electrons. The van der Waals surface area contributed by atoms with Crippen molar-refractivity contribution in [3.63, 3.8) is 0 Å². The van der Waals surface area contributed by atoms with Crippen LogP contribution in [0, 0.1) is 6.92 Å². The van der Waals surface area contributed by atoms with Gasteiger partial charge >= 0.3 is 5.97 Å². The van der Waals surface area contributed by atoms with Crippen molar-refractivity contribution in [2.45, 2.75) is 32.7 Å². The standard InChI is InChI=1S/C9H13N3O4/c1-6-11-7(12-16-6)5-10-8(13)3-2-4-9(14)15/h2-5H2,1H3,(H,10,13)(H,14,15). The lowest BCUT2D eigenvalue weighted by molar-refractivity contribution is -0.137. The zero-order chi connectivity index (χ0) is 12.0. The van der Waals surface area contributed by atoms with Crippen LogP contribution in [-0.4, -0.2) is 27.1 Å². The van der Waals surface area contributed by atoms with Crippen LogP contribution in [0.1, 0.15) is 31.0 Å². The number of carboxylic acids is 1. The van der Waals surface area contributed by atoms with Crippen LogP contribution >= 0.6 is 0 Å². The Bertz CT molecular complexity index is 375. The van der Waals surface area contributed by atoms with Crippen LogP contribution < -0.4 is 5.32 Å². The molecule has 0 atom stereocenters. The summed E-state index contributed by atoms with van der Waals surface area (Å²) < 4.78 is 4.72. The largest absolute Gasteiger partial charge is 0.481 e. The van der Waals surface area contributed by atoms with E-state index < -0.39 is 5.97 Å². The van der Waals surface area contributed by atoms with Gasteiger partial charge in [0.25, 0.3) is 0 Å². The number of rotatable bonds is 6. The fourth-order valence-electron chi connectivity index (χ4n) is 1.08. The summed E-state index contributed by atoms with van der Waals surface area (Å²) in [5, 5.41) is 14.5. The van der Waals surface area contributed by atoms with Crippen molar-refractivity contribution in [1.29, 1.82) is 0 Å². The van der Waals surface area contributed by atoms with Crippen molar-refractivity contribution in [3.8, 4) is 0 Å². The highest BCUT2D eigenvalue weighted by Gasteiger charge is 2.06. The second kappa shape index (κ2) is 5.84. The fourth-order valence-corrected chi connectivity index (χ4v) is 1.08. The minimum atomic E-state index is -0.901. The predicted octanol–water partition coefficient (Wildman–Crippen LogP) is 0.249. The summed E-state index contributed by atoms with van der Waals surface area (Å²) >= 11 is 0. The van der Waals surface area contributed by atoms with Crippen LogP contribution in [0.5, 0.6) is 0 Å². The third kappa shape index (κ3) is 4.54. The molecule has 0 unspecified atom stereocenters. The molecule has 1 amide bonds. The molecule has 0 aromatic carbocycles. The van der Waals surface area contributed by atoms with Crippen LogP contribution in [-0.2, 0) is 16.1 Å². The third-order valence-electron chi connectivity index (χ3n) is 1.81. The molecule has 7 nitrogen and oxygen atoms in total. The fraction of sp³-hybridized carbons (Fsp3) is 0.556. The maximum Gasteiger partial charge on any atom is 0.303 e. The number of carbonyl (C=O) groups is 2. The van der Waals surface area contributed by atoms with Gasteiger partial charge in [0.1, 0.15) is 0 Å². The van der Waals surface area contributed by atoms with Crippen LogP contribution in [0.25, 0.3) is 0 Å². The topological polar surface area (TPSA) is 105 Å². The van der Waals surface area contributed by atoms with Crippen LogP contribution in [0.3, 0.4) is 0 Å². The number of carbonyl (C=O) groups excluding carboxylic acids is 1. The minimum Gasteiger partial charge on any atom is -0.481 e. The predicted molar refractivity (Wildman–Crippen MR) is 52.4 cm³/mol. The van der Waals surface area contributed by atoms with Gasteiger partial charge in [-0.1, -0.05) is 5.16 Å². The smallest absolute Gasteiger partial charge is 0.303 e. The number of carboxylic acid groups (broad SMARTS) is 1. The number of aliphatic carboxylic acids is 1. The van der Waals surface area contributed by atoms with Gasteiger partial charge in [-0.3, -0.25) is 9.59 Å². The molecular weight excluding hydrogens is 214 g/mol. The highest BCUT2D eigenvalue weighted by atomic mass is 16.5. The maximum atomic E-state index is 11.2. The van der Waals surface area contributed by atoms with Crippen molar-refractivity contribution in [3.05, 3.63) is 11.7 Å². The molecule has 2 N–H and O–H groups in total. The van der Waals surface area contributed by atoms with Crippen molar-refractivity contribution in [2.24, 2.45) is 0 Å². The van der Waals surface area contributed by atoms with Crippen LogP contribution in [0.15, 0.2) is 4.52 Å². The first-order chi connectivity index (χ1) is 7.58. The number of aryl methyl sites for hydroxylation is 1. The summed E-state index contributed by atoms with van der Waals surface area (Å²) in [5.74, 6) is -0.274. The first kappa shape index (κ1) is 12.2. The molecular formula is C9H13N3O4. The second-order valence-electron chi connectivity index (χ2n) is 3.25. The average Bonchev–Trinajstić information content (AvgIpc) is 2.61. The van der Waals surface area contributed by atoms with Gasteiger partial charge in [0.2, 0.25) is 11.8 Å². The van der Waals surface area contributed by atoms with Gasteiger partial charge in [0, 0.05) is 19.8 Å². The zero-order valence-corrected chi connectivity index (χ0v) is 8.89. The first-order valence-corrected chi connectivity index (χ1v) is 4.85. The van der Waals surface area contributed by atoms with Gasteiger partial charge in [-0.15, -0.1) is 0 Å². The Hall–Kier alpha value is -1.92. The number of hydrogen-bond acceptors (Lipinski definition) is 5. The Morgan fingerprint density at radius 2 is 2.19 bits per heavy atom. The SMILES string of the molecule is Cc1nc(CNC(=O)CCCC(=O)O)no1. The van der Waals surface area contributed by atoms with E-state index in [9.17, 15) is 9.59 Å². The zero-order valence-electron chi connectivity index (χ0n) is 8.89. The first-order valence-electron chi connectivity index (χ1n) is 4.85. The van der Waals surface area contributed by atoms with Crippen molar-refractivity contribution < 1.29 is 19.2 Å². The lowest BCUT2D eigenvalue weighted by Crippen LogP contribution is -2.23. The maximum absolute atomic E-state index is 11.2. The Labute approximate surface area is 91.8 Å². The van der Waals surface area contributed by atoms with Gasteiger partial charge in [-0.25, -0.2) is 0 Å². The summed E-state index contributed by atoms with van der Waals surface area (Å²) in [6.45, 7) is 1.86. The number of nitrogens with zero attached hydrogens (tertiary/aromatic N) is 2. The van der Waals surface area contributed by atoms with Gasteiger partial charge < -0.3 is 14.9 Å². The van der Waals surface area contributed by atoms with Crippen LogP contribution in [0.4, 0.5) is 0 Å². The molecule has 0 spiro atoms. The average molecular weight is 227 g/mol. The number of nitrogens with one attached hydrogen (secondary N) is 1. The molecule has 0 aliphatic heterocycles. The molecule has 16 heavy (non-hydrogen) atoms. The Morgan fingerprint density at radius 1 is 1.44 bits per heavy atom. The molecule has 0 saturated heterocycles. The molecule has 1 aromatic heterocycles. The van der Waals surface area contributed by atoms with E-state index >= 15 is 0 Å². The number of amides is 1. The van der Waals surface area contributed by atoms with E-state index in [0.717, 1.165) is 0 Å². The van der Waals surface area contributed by atoms with E-state index in [1.165, 1.54) is 0 Å². The van der Waals surface area contributed by atoms with Crippen molar-refractivity contribution in [1.82, 2.24) is 15.5 Å². The van der Waals surface area contributed by atoms with Gasteiger partial charge in [-0.05, 0) is 6.42 Å². The van der Waals surface area contributed by atoms with Crippen molar-refractivity contribution in [2.75, 3.05) is 0 Å². The van der Waals surface area contributed by atoms with Crippen LogP contribution in [0.2, 0.25) is 0 Å². The van der Waals surface area contributed by atoms with Gasteiger partial charge in [-0.2, -0.15) is 4.98 Å². The molecule has 88 valence electrons. The summed E-state index contributed by atoms with van der Waals surface area (Å²) in [6.07, 6.45) is 0.504. The Balaban J connectivity index is 2.17. The summed E-state index contributed by atoms with van der Waals surface area (Å²) in [4.78, 5) is 25.3. The van der Waals surface area contributed by atoms with E-state index in [0.29, 0.717) is 18.1 Å². The van der Waals surface area contributed by atoms with Crippen molar-refractivity contribution >= 4 is 11.9 Å². The lowest BCUT2D eigenvalue weighted by Gasteiger charge is -2.00. The lowest BCUT2D eigenvalue weighted by atomic mass is 10.2. The second-order valence-corrected chi connectivity index (χ2v) is 3.25. The molecule has 0 aliphatic carbocycles. The molecule has 1 heterocycles. The molecule has 7 heteroatoms. The third-order valence-corrected chi connectivity index (χ3v) is 1.81. The Kier molecular flexibility index (Phi) is 4.43. The van der Waals surface area contributed by atoms with Gasteiger partial charge in [0.15, 0.2) is 5.82 Å². The van der Waals surface area contributed by atoms with E-state index in [4.69, 9.17) is 9.63 Å². The monoisotopic (exact) mass is 227 g/mol. The van der Waals surface area contributed by atoms with E-state index in [1.807, 2.05) is 0 Å². The minimum absolute atomic E-state index is 0.00522. The highest BCUT2D eigenvalue weighted by Crippen LogP contribution is 1.97. The highest BCUT2D eigenvalue weighted by molar-refractivity contribution is 5.76. The number of aromatic nitrogens is 2. The summed E-state index contributed by atoms with van der Waals surface area (Å²) in [6, 6.07) is 0. The van der Waals surface area contributed by atoms with Gasteiger partial charge in [0.05, 0.1) is 6.54 Å². The number of hydrogen-bond donors (Lipinski definition) is 2. The molecule has 1 aromatic rings. The molecule has 1 rings (SSSR count). The molecule has 0 aliphatic rings. The molecule has 0 fully saturated rings. The molecule has 0 saturated carbocycles. The summed E-state index contributed by atoms with van der Waals surface area (Å²) in [7, 11) is 0. The van der Waals surface area contributed by atoms with E-state index in [-0.39, 0.29) is 25.3 Å². The quantitative estimate of drug-likeness (QED) is 0.721.